The van der Waals surface area contributed by atoms with E-state index in [-0.39, 0.29) is 19.1 Å². The summed E-state index contributed by atoms with van der Waals surface area (Å²) in [4.78, 5) is 31.6. The highest BCUT2D eigenvalue weighted by atomic mass is 79.9. The SMILES string of the molecule is COC(=O)COc1ccc(Br)cc1/C=C1\SC(=Nc2ccccc2)N(Cc2ccco2)C1=O. The number of para-hydroxylation sites is 1. The topological polar surface area (TPSA) is 81.3 Å². The lowest BCUT2D eigenvalue weighted by molar-refractivity contribution is -0.142. The first-order valence-corrected chi connectivity index (χ1v) is 11.5. The number of ether oxygens (including phenoxy) is 2. The molecule has 1 fully saturated rings. The van der Waals surface area contributed by atoms with Gasteiger partial charge in [-0.25, -0.2) is 9.79 Å². The summed E-state index contributed by atoms with van der Waals surface area (Å²) < 4.78 is 16.5. The zero-order chi connectivity index (χ0) is 23.2. The lowest BCUT2D eigenvalue weighted by Crippen LogP contribution is -2.28. The lowest BCUT2D eigenvalue weighted by Gasteiger charge is -2.13. The van der Waals surface area contributed by atoms with Gasteiger partial charge in [0.05, 0.1) is 30.5 Å². The molecule has 7 nitrogen and oxygen atoms in total. The molecule has 3 aromatic rings. The minimum absolute atomic E-state index is 0.204. The predicted molar refractivity (Wildman–Crippen MR) is 130 cm³/mol. The third-order valence-electron chi connectivity index (χ3n) is 4.59. The quantitative estimate of drug-likeness (QED) is 0.303. The van der Waals surface area contributed by atoms with Gasteiger partial charge in [-0.1, -0.05) is 34.1 Å². The molecular weight excluding hydrogens is 508 g/mol. The number of carbonyl (C=O) groups is 2. The number of halogens is 1. The Morgan fingerprint density at radius 2 is 2.00 bits per heavy atom. The minimum Gasteiger partial charge on any atom is -0.481 e. The number of furan rings is 1. The van der Waals surface area contributed by atoms with Crippen molar-refractivity contribution in [1.29, 1.82) is 0 Å². The Morgan fingerprint density at radius 3 is 2.73 bits per heavy atom. The number of aliphatic imine (C=N–C) groups is 1. The molecule has 1 aliphatic rings. The first kappa shape index (κ1) is 22.9. The molecule has 1 aliphatic heterocycles. The Hall–Kier alpha value is -3.30. The van der Waals surface area contributed by atoms with E-state index in [1.54, 1.807) is 35.4 Å². The van der Waals surface area contributed by atoms with Crippen LogP contribution in [0.5, 0.6) is 5.75 Å². The van der Waals surface area contributed by atoms with Crippen molar-refractivity contribution in [1.82, 2.24) is 4.90 Å². The number of esters is 1. The van der Waals surface area contributed by atoms with Gasteiger partial charge in [0.15, 0.2) is 11.8 Å². The first-order chi connectivity index (χ1) is 16.0. The molecular formula is C24H19BrN2O5S. The van der Waals surface area contributed by atoms with Crippen LogP contribution in [-0.2, 0) is 20.9 Å². The van der Waals surface area contributed by atoms with Crippen LogP contribution >= 0.6 is 27.7 Å². The summed E-state index contributed by atoms with van der Waals surface area (Å²) in [6.45, 7) is 0.0206. The fourth-order valence-electron chi connectivity index (χ4n) is 3.00. The van der Waals surface area contributed by atoms with Crippen molar-refractivity contribution in [2.75, 3.05) is 13.7 Å². The van der Waals surface area contributed by atoms with Gasteiger partial charge in [0.1, 0.15) is 11.5 Å². The maximum atomic E-state index is 13.3. The van der Waals surface area contributed by atoms with Crippen molar-refractivity contribution in [3.63, 3.8) is 0 Å². The highest BCUT2D eigenvalue weighted by Gasteiger charge is 2.34. The summed E-state index contributed by atoms with van der Waals surface area (Å²) in [5.41, 5.74) is 1.38. The molecule has 1 amide bonds. The number of amides is 1. The van der Waals surface area contributed by atoms with Crippen molar-refractivity contribution < 1.29 is 23.5 Å². The average molecular weight is 527 g/mol. The summed E-state index contributed by atoms with van der Waals surface area (Å²) in [6.07, 6.45) is 3.30. The highest BCUT2D eigenvalue weighted by molar-refractivity contribution is 9.10. The summed E-state index contributed by atoms with van der Waals surface area (Å²) in [5.74, 6) is 0.403. The van der Waals surface area contributed by atoms with Crippen LogP contribution in [-0.4, -0.2) is 35.7 Å². The third kappa shape index (κ3) is 5.74. The second-order valence-electron chi connectivity index (χ2n) is 6.86. The van der Waals surface area contributed by atoms with Crippen LogP contribution in [0.25, 0.3) is 6.08 Å². The van der Waals surface area contributed by atoms with Gasteiger partial charge in [-0.3, -0.25) is 9.69 Å². The molecule has 1 aromatic heterocycles. The number of hydrogen-bond donors (Lipinski definition) is 0. The molecule has 0 spiro atoms. The van der Waals surface area contributed by atoms with Gasteiger partial charge in [-0.2, -0.15) is 0 Å². The summed E-state index contributed by atoms with van der Waals surface area (Å²) >= 11 is 4.71. The molecule has 0 bridgehead atoms. The molecule has 0 atom stereocenters. The molecule has 168 valence electrons. The largest absolute Gasteiger partial charge is 0.481 e. The van der Waals surface area contributed by atoms with Crippen LogP contribution in [0.1, 0.15) is 11.3 Å². The van der Waals surface area contributed by atoms with E-state index in [1.807, 2.05) is 42.5 Å². The molecule has 2 aromatic carbocycles. The zero-order valence-corrected chi connectivity index (χ0v) is 20.0. The Labute approximate surface area is 203 Å². The molecule has 4 rings (SSSR count). The molecule has 0 N–H and O–H groups in total. The van der Waals surface area contributed by atoms with Gasteiger partial charge >= 0.3 is 5.97 Å². The zero-order valence-electron chi connectivity index (χ0n) is 17.6. The maximum absolute atomic E-state index is 13.3. The number of amidine groups is 1. The van der Waals surface area contributed by atoms with E-state index in [0.717, 1.165) is 10.2 Å². The second kappa shape index (κ2) is 10.5. The Kier molecular flexibility index (Phi) is 7.31. The van der Waals surface area contributed by atoms with Gasteiger partial charge in [-0.15, -0.1) is 0 Å². The lowest BCUT2D eigenvalue weighted by atomic mass is 10.2. The number of rotatable bonds is 7. The average Bonchev–Trinajstić information content (AvgIpc) is 3.43. The Morgan fingerprint density at radius 1 is 1.18 bits per heavy atom. The van der Waals surface area contributed by atoms with Crippen LogP contribution in [0, 0.1) is 0 Å². The summed E-state index contributed by atoms with van der Waals surface area (Å²) in [5, 5.41) is 0.542. The normalized spacial score (nSPS) is 15.9. The fraction of sp³-hybridized carbons (Fsp3) is 0.125. The first-order valence-electron chi connectivity index (χ1n) is 9.90. The monoisotopic (exact) mass is 526 g/mol. The van der Waals surface area contributed by atoms with Crippen molar-refractivity contribution in [3.8, 4) is 5.75 Å². The van der Waals surface area contributed by atoms with E-state index in [9.17, 15) is 9.59 Å². The summed E-state index contributed by atoms with van der Waals surface area (Å²) in [6, 6.07) is 18.4. The van der Waals surface area contributed by atoms with Crippen molar-refractivity contribution in [2.45, 2.75) is 6.54 Å². The van der Waals surface area contributed by atoms with Crippen molar-refractivity contribution >= 4 is 56.5 Å². The highest BCUT2D eigenvalue weighted by Crippen LogP contribution is 2.37. The molecule has 0 unspecified atom stereocenters. The van der Waals surface area contributed by atoms with Gasteiger partial charge in [0.25, 0.3) is 5.91 Å². The number of thioether (sulfide) groups is 1. The van der Waals surface area contributed by atoms with Gasteiger partial charge < -0.3 is 13.9 Å². The van der Waals surface area contributed by atoms with Gasteiger partial charge in [0.2, 0.25) is 0 Å². The van der Waals surface area contributed by atoms with Crippen molar-refractivity contribution in [2.24, 2.45) is 4.99 Å². The van der Waals surface area contributed by atoms with Gasteiger partial charge in [-0.05, 0) is 60.3 Å². The molecule has 0 saturated carbocycles. The van der Waals surface area contributed by atoms with E-state index in [0.29, 0.717) is 27.1 Å². The Bertz CT molecular complexity index is 1210. The van der Waals surface area contributed by atoms with Crippen LogP contribution in [0.4, 0.5) is 5.69 Å². The molecule has 0 radical (unpaired) electrons. The smallest absolute Gasteiger partial charge is 0.343 e. The standard InChI is InChI=1S/C24H19BrN2O5S/c1-30-22(28)15-32-20-10-9-17(25)12-16(20)13-21-23(29)27(14-19-8-5-11-31-19)24(33-21)26-18-6-3-2-4-7-18/h2-13H,14-15H2,1H3/b21-13-,26-24?. The van der Waals surface area contributed by atoms with Gasteiger partial charge in [0, 0.05) is 10.0 Å². The molecule has 9 heteroatoms. The molecule has 0 aliphatic carbocycles. The van der Waals surface area contributed by atoms with E-state index in [1.165, 1.54) is 18.9 Å². The van der Waals surface area contributed by atoms with Crippen molar-refractivity contribution in [3.05, 3.63) is 87.6 Å². The number of methoxy groups -OCH3 is 1. The third-order valence-corrected chi connectivity index (χ3v) is 6.09. The molecule has 2 heterocycles. The minimum atomic E-state index is -0.496. The second-order valence-corrected chi connectivity index (χ2v) is 8.78. The number of hydrogen-bond acceptors (Lipinski definition) is 7. The van der Waals surface area contributed by atoms with Crippen LogP contribution in [0.3, 0.4) is 0 Å². The number of nitrogens with zero attached hydrogens (tertiary/aromatic N) is 2. The van der Waals surface area contributed by atoms with Crippen LogP contribution in [0.2, 0.25) is 0 Å². The molecule has 1 saturated heterocycles. The van der Waals surface area contributed by atoms with Crippen LogP contribution < -0.4 is 4.74 Å². The Balaban J connectivity index is 1.68. The number of benzene rings is 2. The maximum Gasteiger partial charge on any atom is 0.343 e. The summed E-state index contributed by atoms with van der Waals surface area (Å²) in [7, 11) is 1.30. The van der Waals surface area contributed by atoms with E-state index in [4.69, 9.17) is 9.15 Å². The molecule has 33 heavy (non-hydrogen) atoms. The number of carbonyl (C=O) groups excluding carboxylic acids is 2. The van der Waals surface area contributed by atoms with E-state index >= 15 is 0 Å². The fourth-order valence-corrected chi connectivity index (χ4v) is 4.37. The van der Waals surface area contributed by atoms with Crippen LogP contribution in [0.15, 0.2) is 85.7 Å². The van der Waals surface area contributed by atoms with E-state index < -0.39 is 5.97 Å². The predicted octanol–water partition coefficient (Wildman–Crippen LogP) is 5.40. The van der Waals surface area contributed by atoms with E-state index in [2.05, 4.69) is 25.7 Å².